The van der Waals surface area contributed by atoms with E-state index >= 15 is 0 Å². The molecule has 0 aliphatic rings. The summed E-state index contributed by atoms with van der Waals surface area (Å²) in [6, 6.07) is 0.568. The molecule has 1 heterocycles. The number of aromatic nitrogens is 2. The summed E-state index contributed by atoms with van der Waals surface area (Å²) in [4.78, 5) is 2.16. The van der Waals surface area contributed by atoms with Crippen molar-refractivity contribution < 1.29 is 0 Å². The van der Waals surface area contributed by atoms with E-state index in [1.165, 1.54) is 18.5 Å². The zero-order valence-corrected chi connectivity index (χ0v) is 13.4. The first-order valence-corrected chi connectivity index (χ1v) is 7.48. The highest BCUT2D eigenvalue weighted by Crippen LogP contribution is 2.18. The molecule has 0 aliphatic carbocycles. The normalized spacial score (nSPS) is 13.2. The third-order valence-electron chi connectivity index (χ3n) is 3.43. The second kappa shape index (κ2) is 8.56. The second-order valence-electron chi connectivity index (χ2n) is 5.28. The molecule has 1 aromatic heterocycles. The summed E-state index contributed by atoms with van der Waals surface area (Å²) < 4.78 is 2.04. The van der Waals surface area contributed by atoms with E-state index in [0.717, 1.165) is 31.0 Å². The van der Waals surface area contributed by atoms with Gasteiger partial charge in [-0.1, -0.05) is 24.9 Å². The van der Waals surface area contributed by atoms with Gasteiger partial charge in [0.05, 0.1) is 23.5 Å². The summed E-state index contributed by atoms with van der Waals surface area (Å²) in [5.74, 6) is 0. The van der Waals surface area contributed by atoms with Crippen LogP contribution in [0.1, 0.15) is 31.9 Å². The van der Waals surface area contributed by atoms with Gasteiger partial charge >= 0.3 is 0 Å². The van der Waals surface area contributed by atoms with Crippen LogP contribution >= 0.6 is 11.6 Å². The van der Waals surface area contributed by atoms with Gasteiger partial charge in [-0.05, 0) is 40.4 Å². The van der Waals surface area contributed by atoms with Gasteiger partial charge in [0, 0.05) is 12.6 Å². The van der Waals surface area contributed by atoms with E-state index < -0.39 is 0 Å². The quantitative estimate of drug-likeness (QED) is 0.757. The Morgan fingerprint density at radius 2 is 2.16 bits per heavy atom. The van der Waals surface area contributed by atoms with Crippen LogP contribution in [0.3, 0.4) is 0 Å². The molecule has 1 N–H and O–H groups in total. The average Bonchev–Trinajstić information content (AvgIpc) is 2.73. The van der Waals surface area contributed by atoms with Crippen LogP contribution in [0, 0.1) is 0 Å². The largest absolute Gasteiger partial charge is 0.317 e. The van der Waals surface area contributed by atoms with Crippen molar-refractivity contribution in [2.45, 2.75) is 45.2 Å². The van der Waals surface area contributed by atoms with E-state index in [-0.39, 0.29) is 0 Å². The van der Waals surface area contributed by atoms with E-state index in [1.807, 2.05) is 11.7 Å². The molecule has 1 aromatic rings. The average molecular weight is 287 g/mol. The van der Waals surface area contributed by atoms with Crippen molar-refractivity contribution in [3.8, 4) is 0 Å². The predicted molar refractivity (Wildman–Crippen MR) is 81.9 cm³/mol. The summed E-state index contributed by atoms with van der Waals surface area (Å²) in [5.41, 5.74) is 1.17. The summed E-state index contributed by atoms with van der Waals surface area (Å²) in [6.07, 6.45) is 6.27. The van der Waals surface area contributed by atoms with Crippen molar-refractivity contribution >= 4 is 11.6 Å². The van der Waals surface area contributed by atoms with Crippen LogP contribution in [-0.4, -0.2) is 48.4 Å². The van der Waals surface area contributed by atoms with E-state index in [9.17, 15) is 0 Å². The van der Waals surface area contributed by atoms with Gasteiger partial charge in [0.15, 0.2) is 0 Å². The summed E-state index contributed by atoms with van der Waals surface area (Å²) in [7, 11) is 6.18. The monoisotopic (exact) mass is 286 g/mol. The Kier molecular flexibility index (Phi) is 7.42. The van der Waals surface area contributed by atoms with Crippen molar-refractivity contribution in [2.75, 3.05) is 27.7 Å². The van der Waals surface area contributed by atoms with Crippen LogP contribution in [0.25, 0.3) is 0 Å². The Labute approximate surface area is 122 Å². The molecule has 0 fully saturated rings. The van der Waals surface area contributed by atoms with Gasteiger partial charge < -0.3 is 10.2 Å². The summed E-state index contributed by atoms with van der Waals surface area (Å²) in [5, 5.41) is 8.55. The molecule has 0 saturated heterocycles. The van der Waals surface area contributed by atoms with Crippen molar-refractivity contribution in [1.82, 2.24) is 20.0 Å². The van der Waals surface area contributed by atoms with Crippen molar-refractivity contribution in [1.29, 1.82) is 0 Å². The molecule has 0 saturated carbocycles. The molecule has 0 bridgehead atoms. The Morgan fingerprint density at radius 3 is 2.74 bits per heavy atom. The molecule has 1 rings (SSSR count). The van der Waals surface area contributed by atoms with Crippen molar-refractivity contribution in [3.63, 3.8) is 0 Å². The maximum Gasteiger partial charge on any atom is 0.0817 e. The minimum Gasteiger partial charge on any atom is -0.317 e. The molecule has 5 heteroatoms. The molecule has 110 valence electrons. The Hall–Kier alpha value is -0.580. The zero-order chi connectivity index (χ0) is 14.3. The molecule has 4 nitrogen and oxygen atoms in total. The molecule has 0 radical (unpaired) electrons. The first-order chi connectivity index (χ1) is 9.08. The minimum atomic E-state index is 0.568. The third-order valence-corrected chi connectivity index (χ3v) is 3.75. The maximum atomic E-state index is 6.25. The number of hydrogen-bond donors (Lipinski definition) is 1. The Balaban J connectivity index is 2.58. The van der Waals surface area contributed by atoms with Crippen LogP contribution in [0.5, 0.6) is 0 Å². The molecule has 0 spiro atoms. The van der Waals surface area contributed by atoms with Gasteiger partial charge in [0.2, 0.25) is 0 Å². The van der Waals surface area contributed by atoms with Gasteiger partial charge in [-0.25, -0.2) is 0 Å². The highest BCUT2D eigenvalue weighted by atomic mass is 35.5. The number of halogens is 1. The van der Waals surface area contributed by atoms with Gasteiger partial charge in [-0.2, -0.15) is 5.10 Å². The zero-order valence-electron chi connectivity index (χ0n) is 12.6. The number of likely N-dealkylation sites (N-methyl/N-ethyl adjacent to an activating group) is 1. The minimum absolute atomic E-state index is 0.568. The van der Waals surface area contributed by atoms with Gasteiger partial charge in [-0.3, -0.25) is 4.68 Å². The first-order valence-electron chi connectivity index (χ1n) is 7.10. The molecule has 1 atom stereocenters. The smallest absolute Gasteiger partial charge is 0.0817 e. The standard InChI is InChI=1S/C14H27ClN4/c1-5-6-12(16-2)7-8-14-13(15)11-17-19(14)10-9-18(3)4/h11-12,16H,5-10H2,1-4H3. The first kappa shape index (κ1) is 16.5. The predicted octanol–water partition coefficient (Wildman–Crippen LogP) is 2.42. The Bertz CT molecular complexity index is 362. The van der Waals surface area contributed by atoms with Crippen LogP contribution in [0.4, 0.5) is 0 Å². The van der Waals surface area contributed by atoms with E-state index in [4.69, 9.17) is 11.6 Å². The highest BCUT2D eigenvalue weighted by Gasteiger charge is 2.12. The van der Waals surface area contributed by atoms with E-state index in [0.29, 0.717) is 6.04 Å². The summed E-state index contributed by atoms with van der Waals surface area (Å²) in [6.45, 7) is 4.10. The fraction of sp³-hybridized carbons (Fsp3) is 0.786. The van der Waals surface area contributed by atoms with Crippen molar-refractivity contribution in [3.05, 3.63) is 16.9 Å². The molecule has 0 aromatic carbocycles. The number of hydrogen-bond acceptors (Lipinski definition) is 3. The molecular weight excluding hydrogens is 260 g/mol. The van der Waals surface area contributed by atoms with E-state index in [2.05, 4.69) is 36.3 Å². The van der Waals surface area contributed by atoms with Crippen LogP contribution in [0.2, 0.25) is 5.02 Å². The lowest BCUT2D eigenvalue weighted by Crippen LogP contribution is -2.26. The second-order valence-corrected chi connectivity index (χ2v) is 5.69. The summed E-state index contributed by atoms with van der Waals surface area (Å²) >= 11 is 6.25. The lowest BCUT2D eigenvalue weighted by molar-refractivity contribution is 0.367. The highest BCUT2D eigenvalue weighted by molar-refractivity contribution is 6.31. The van der Waals surface area contributed by atoms with Crippen LogP contribution in [0.15, 0.2) is 6.20 Å². The van der Waals surface area contributed by atoms with Crippen LogP contribution in [-0.2, 0) is 13.0 Å². The fourth-order valence-corrected chi connectivity index (χ4v) is 2.45. The molecule has 0 aliphatic heterocycles. The van der Waals surface area contributed by atoms with Gasteiger partial charge in [0.25, 0.3) is 0 Å². The molecule has 1 unspecified atom stereocenters. The number of nitrogens with one attached hydrogen (secondary N) is 1. The molecule has 0 amide bonds. The van der Waals surface area contributed by atoms with Gasteiger partial charge in [-0.15, -0.1) is 0 Å². The maximum absolute atomic E-state index is 6.25. The third kappa shape index (κ3) is 5.51. The lowest BCUT2D eigenvalue weighted by Gasteiger charge is -2.16. The number of nitrogens with zero attached hydrogens (tertiary/aromatic N) is 3. The van der Waals surface area contributed by atoms with E-state index in [1.54, 1.807) is 6.20 Å². The topological polar surface area (TPSA) is 33.1 Å². The number of rotatable bonds is 9. The SMILES string of the molecule is CCCC(CCc1c(Cl)cnn1CCN(C)C)NC. The Morgan fingerprint density at radius 1 is 1.42 bits per heavy atom. The lowest BCUT2D eigenvalue weighted by atomic mass is 10.1. The van der Waals surface area contributed by atoms with Gasteiger partial charge in [0.1, 0.15) is 0 Å². The van der Waals surface area contributed by atoms with Crippen LogP contribution < -0.4 is 5.32 Å². The van der Waals surface area contributed by atoms with Crippen molar-refractivity contribution in [2.24, 2.45) is 0 Å². The molecular formula is C14H27ClN4. The fourth-order valence-electron chi connectivity index (χ4n) is 2.22. The molecule has 19 heavy (non-hydrogen) atoms.